The van der Waals surface area contributed by atoms with Crippen molar-refractivity contribution in [3.63, 3.8) is 0 Å². The fourth-order valence-electron chi connectivity index (χ4n) is 2.60. The Morgan fingerprint density at radius 1 is 0.850 bits per heavy atom. The van der Waals surface area contributed by atoms with Crippen LogP contribution in [0, 0.1) is 0 Å². The molecular weight excluding hydrogens is 242 g/mol. The van der Waals surface area contributed by atoms with Crippen LogP contribution in [0.5, 0.6) is 0 Å². The molecule has 0 aliphatic carbocycles. The van der Waals surface area contributed by atoms with Crippen molar-refractivity contribution in [2.45, 2.75) is 71.1 Å². The van der Waals surface area contributed by atoms with Gasteiger partial charge in [-0.15, -0.1) is 0 Å². The summed E-state index contributed by atoms with van der Waals surface area (Å²) < 4.78 is 0. The third kappa shape index (κ3) is 8.37. The normalized spacial score (nSPS) is 12.5. The van der Waals surface area contributed by atoms with E-state index in [-0.39, 0.29) is 0 Å². The molecule has 1 heteroatoms. The van der Waals surface area contributed by atoms with Crippen molar-refractivity contribution in [3.8, 4) is 0 Å². The SMILES string of the molecule is CCCCCCCCCNCCC(C)c1ccccc1. The Bertz CT molecular complexity index is 307. The number of benzene rings is 1. The van der Waals surface area contributed by atoms with E-state index in [2.05, 4.69) is 49.5 Å². The highest BCUT2D eigenvalue weighted by atomic mass is 14.8. The van der Waals surface area contributed by atoms with Crippen LogP contribution in [-0.2, 0) is 0 Å². The molecule has 0 amide bonds. The monoisotopic (exact) mass is 275 g/mol. The Balaban J connectivity index is 1.90. The summed E-state index contributed by atoms with van der Waals surface area (Å²) in [6.45, 7) is 6.94. The van der Waals surface area contributed by atoms with Crippen LogP contribution in [0.25, 0.3) is 0 Å². The first kappa shape index (κ1) is 17.2. The van der Waals surface area contributed by atoms with Crippen molar-refractivity contribution in [3.05, 3.63) is 35.9 Å². The quantitative estimate of drug-likeness (QED) is 0.495. The Kier molecular flexibility index (Phi) is 10.3. The van der Waals surface area contributed by atoms with E-state index in [9.17, 15) is 0 Å². The minimum atomic E-state index is 0.665. The van der Waals surface area contributed by atoms with Crippen molar-refractivity contribution in [1.82, 2.24) is 5.32 Å². The summed E-state index contributed by atoms with van der Waals surface area (Å²) in [7, 11) is 0. The van der Waals surface area contributed by atoms with Crippen LogP contribution in [0.1, 0.15) is 76.7 Å². The first-order valence-corrected chi connectivity index (χ1v) is 8.60. The predicted octanol–water partition coefficient (Wildman–Crippen LogP) is 5.52. The third-order valence-corrected chi connectivity index (χ3v) is 4.08. The molecule has 0 spiro atoms. The highest BCUT2D eigenvalue weighted by Gasteiger charge is 2.03. The van der Waals surface area contributed by atoms with E-state index in [0.29, 0.717) is 5.92 Å². The molecule has 0 aliphatic rings. The van der Waals surface area contributed by atoms with Crippen molar-refractivity contribution in [2.75, 3.05) is 13.1 Å². The highest BCUT2D eigenvalue weighted by molar-refractivity contribution is 5.18. The molecule has 1 atom stereocenters. The van der Waals surface area contributed by atoms with Gasteiger partial charge >= 0.3 is 0 Å². The maximum Gasteiger partial charge on any atom is -0.00432 e. The van der Waals surface area contributed by atoms with E-state index in [4.69, 9.17) is 0 Å². The number of nitrogens with one attached hydrogen (secondary N) is 1. The van der Waals surface area contributed by atoms with E-state index < -0.39 is 0 Å². The molecule has 0 radical (unpaired) electrons. The van der Waals surface area contributed by atoms with Crippen LogP contribution in [-0.4, -0.2) is 13.1 Å². The lowest BCUT2D eigenvalue weighted by Gasteiger charge is -2.12. The van der Waals surface area contributed by atoms with Gasteiger partial charge in [-0.05, 0) is 37.4 Å². The summed E-state index contributed by atoms with van der Waals surface area (Å²) >= 11 is 0. The van der Waals surface area contributed by atoms with Crippen LogP contribution in [0.15, 0.2) is 30.3 Å². The van der Waals surface area contributed by atoms with Gasteiger partial charge in [0, 0.05) is 0 Å². The van der Waals surface area contributed by atoms with Crippen molar-refractivity contribution >= 4 is 0 Å². The van der Waals surface area contributed by atoms with Gasteiger partial charge in [-0.3, -0.25) is 0 Å². The average Bonchev–Trinajstić information content (AvgIpc) is 2.50. The summed E-state index contributed by atoms with van der Waals surface area (Å²) in [6.07, 6.45) is 11.0. The minimum Gasteiger partial charge on any atom is -0.317 e. The molecule has 0 saturated carbocycles. The minimum absolute atomic E-state index is 0.665. The number of hydrogen-bond donors (Lipinski definition) is 1. The van der Waals surface area contributed by atoms with Gasteiger partial charge in [-0.25, -0.2) is 0 Å². The standard InChI is InChI=1S/C19H33N/c1-3-4-5-6-7-8-12-16-20-17-15-18(2)19-13-10-9-11-14-19/h9-11,13-14,18,20H,3-8,12,15-17H2,1-2H3. The maximum absolute atomic E-state index is 3.59. The molecule has 1 rings (SSSR count). The molecular formula is C19H33N. The zero-order valence-corrected chi connectivity index (χ0v) is 13.5. The average molecular weight is 275 g/mol. The van der Waals surface area contributed by atoms with Crippen LogP contribution in [0.3, 0.4) is 0 Å². The van der Waals surface area contributed by atoms with E-state index in [0.717, 1.165) is 6.54 Å². The van der Waals surface area contributed by atoms with Gasteiger partial charge in [0.15, 0.2) is 0 Å². The van der Waals surface area contributed by atoms with Gasteiger partial charge in [-0.2, -0.15) is 0 Å². The van der Waals surface area contributed by atoms with E-state index in [1.165, 1.54) is 63.5 Å². The smallest absolute Gasteiger partial charge is 0.00432 e. The molecule has 0 heterocycles. The second-order valence-corrected chi connectivity index (χ2v) is 5.97. The topological polar surface area (TPSA) is 12.0 Å². The van der Waals surface area contributed by atoms with Crippen LogP contribution >= 0.6 is 0 Å². The maximum atomic E-state index is 3.59. The van der Waals surface area contributed by atoms with Gasteiger partial charge in [0.1, 0.15) is 0 Å². The molecule has 0 aliphatic heterocycles. The van der Waals surface area contributed by atoms with Gasteiger partial charge in [0.2, 0.25) is 0 Å². The van der Waals surface area contributed by atoms with Gasteiger partial charge in [-0.1, -0.05) is 82.7 Å². The Hall–Kier alpha value is -0.820. The van der Waals surface area contributed by atoms with Crippen molar-refractivity contribution < 1.29 is 0 Å². The fourth-order valence-corrected chi connectivity index (χ4v) is 2.60. The summed E-state index contributed by atoms with van der Waals surface area (Å²) in [6, 6.07) is 10.8. The molecule has 1 aromatic rings. The lowest BCUT2D eigenvalue weighted by Crippen LogP contribution is -2.18. The first-order valence-electron chi connectivity index (χ1n) is 8.60. The Morgan fingerprint density at radius 3 is 2.20 bits per heavy atom. The van der Waals surface area contributed by atoms with Gasteiger partial charge < -0.3 is 5.32 Å². The highest BCUT2D eigenvalue weighted by Crippen LogP contribution is 2.17. The molecule has 114 valence electrons. The molecule has 1 unspecified atom stereocenters. The Labute approximate surface area is 126 Å². The number of hydrogen-bond acceptors (Lipinski definition) is 1. The fraction of sp³-hybridized carbons (Fsp3) is 0.684. The molecule has 0 bridgehead atoms. The first-order chi connectivity index (χ1) is 9.84. The molecule has 20 heavy (non-hydrogen) atoms. The number of unbranched alkanes of at least 4 members (excludes halogenated alkanes) is 6. The zero-order chi connectivity index (χ0) is 14.5. The predicted molar refractivity (Wildman–Crippen MR) is 90.3 cm³/mol. The van der Waals surface area contributed by atoms with Crippen molar-refractivity contribution in [1.29, 1.82) is 0 Å². The van der Waals surface area contributed by atoms with E-state index in [1.54, 1.807) is 0 Å². The summed E-state index contributed by atoms with van der Waals surface area (Å²) in [5.74, 6) is 0.665. The lowest BCUT2D eigenvalue weighted by atomic mass is 9.98. The van der Waals surface area contributed by atoms with E-state index >= 15 is 0 Å². The molecule has 1 aromatic carbocycles. The van der Waals surface area contributed by atoms with Gasteiger partial charge in [0.25, 0.3) is 0 Å². The molecule has 0 aromatic heterocycles. The van der Waals surface area contributed by atoms with Gasteiger partial charge in [0.05, 0.1) is 0 Å². The van der Waals surface area contributed by atoms with Crippen LogP contribution in [0.4, 0.5) is 0 Å². The summed E-state index contributed by atoms with van der Waals surface area (Å²) in [4.78, 5) is 0. The molecule has 0 saturated heterocycles. The second kappa shape index (κ2) is 12.0. The van der Waals surface area contributed by atoms with Crippen molar-refractivity contribution in [2.24, 2.45) is 0 Å². The molecule has 0 fully saturated rings. The third-order valence-electron chi connectivity index (χ3n) is 4.08. The Morgan fingerprint density at radius 2 is 1.50 bits per heavy atom. The lowest BCUT2D eigenvalue weighted by molar-refractivity contribution is 0.544. The van der Waals surface area contributed by atoms with E-state index in [1.807, 2.05) is 0 Å². The molecule has 1 nitrogen and oxygen atoms in total. The molecule has 1 N–H and O–H groups in total. The van der Waals surface area contributed by atoms with Crippen LogP contribution in [0.2, 0.25) is 0 Å². The largest absolute Gasteiger partial charge is 0.317 e. The zero-order valence-electron chi connectivity index (χ0n) is 13.5. The number of rotatable bonds is 12. The summed E-state index contributed by atoms with van der Waals surface area (Å²) in [5, 5.41) is 3.59. The summed E-state index contributed by atoms with van der Waals surface area (Å²) in [5.41, 5.74) is 1.46. The van der Waals surface area contributed by atoms with Crippen LogP contribution < -0.4 is 5.32 Å². The second-order valence-electron chi connectivity index (χ2n) is 5.97.